The first-order valence-corrected chi connectivity index (χ1v) is 4.12. The predicted molar refractivity (Wildman–Crippen MR) is 50.9 cm³/mol. The second-order valence-corrected chi connectivity index (χ2v) is 3.30. The molecule has 0 aromatic heterocycles. The first-order chi connectivity index (χ1) is 5.45. The van der Waals surface area contributed by atoms with Gasteiger partial charge in [-0.3, -0.25) is 0 Å². The number of aliphatic hydroxyl groups excluding tert-OH is 2. The van der Waals surface area contributed by atoms with Crippen molar-refractivity contribution in [2.45, 2.75) is 38.9 Å². The minimum absolute atomic E-state index is 0.501. The van der Waals surface area contributed by atoms with E-state index in [1.165, 1.54) is 0 Å². The van der Waals surface area contributed by atoms with E-state index in [0.29, 0.717) is 12.8 Å². The van der Waals surface area contributed by atoms with Crippen molar-refractivity contribution in [1.29, 1.82) is 0 Å². The van der Waals surface area contributed by atoms with Gasteiger partial charge in [-0.15, -0.1) is 0 Å². The Morgan fingerprint density at radius 2 is 1.25 bits per heavy atom. The maximum Gasteiger partial charge on any atom is 0.0745 e. The minimum atomic E-state index is -0.501. The molecule has 0 aliphatic rings. The quantitative estimate of drug-likeness (QED) is 0.616. The molecule has 0 aromatic rings. The summed E-state index contributed by atoms with van der Waals surface area (Å²) in [6.45, 7) is 10.8. The highest BCUT2D eigenvalue weighted by Crippen LogP contribution is 2.11. The summed E-state index contributed by atoms with van der Waals surface area (Å²) < 4.78 is 0. The molecule has 2 nitrogen and oxygen atoms in total. The minimum Gasteiger partial charge on any atom is -0.389 e. The molecule has 0 unspecified atom stereocenters. The molecule has 2 atom stereocenters. The predicted octanol–water partition coefficient (Wildman–Crippen LogP) is 1.64. The zero-order valence-corrected chi connectivity index (χ0v) is 7.88. The van der Waals surface area contributed by atoms with Crippen LogP contribution in [0.3, 0.4) is 0 Å². The van der Waals surface area contributed by atoms with Gasteiger partial charge in [0.1, 0.15) is 0 Å². The van der Waals surface area contributed by atoms with E-state index in [1.807, 2.05) is 0 Å². The molecule has 0 bridgehead atoms. The van der Waals surface area contributed by atoms with Gasteiger partial charge >= 0.3 is 0 Å². The summed E-state index contributed by atoms with van der Waals surface area (Å²) in [5, 5.41) is 18.6. The molecule has 0 radical (unpaired) electrons. The highest BCUT2D eigenvalue weighted by atomic mass is 16.3. The lowest BCUT2D eigenvalue weighted by molar-refractivity contribution is 0.150. The number of hydrogen-bond donors (Lipinski definition) is 2. The first-order valence-electron chi connectivity index (χ1n) is 4.12. The Morgan fingerprint density at radius 1 is 1.00 bits per heavy atom. The lowest BCUT2D eigenvalue weighted by Crippen LogP contribution is -2.14. The summed E-state index contributed by atoms with van der Waals surface area (Å²) >= 11 is 0. The van der Waals surface area contributed by atoms with Crippen LogP contribution in [0.25, 0.3) is 0 Å². The summed E-state index contributed by atoms with van der Waals surface area (Å²) in [6, 6.07) is 0. The van der Waals surface area contributed by atoms with Gasteiger partial charge < -0.3 is 10.2 Å². The van der Waals surface area contributed by atoms with E-state index in [4.69, 9.17) is 0 Å². The molecule has 12 heavy (non-hydrogen) atoms. The van der Waals surface area contributed by atoms with Crippen molar-refractivity contribution in [3.63, 3.8) is 0 Å². The van der Waals surface area contributed by atoms with Crippen LogP contribution in [-0.2, 0) is 0 Å². The normalized spacial score (nSPS) is 15.3. The van der Waals surface area contributed by atoms with Crippen molar-refractivity contribution < 1.29 is 10.2 Å². The zero-order chi connectivity index (χ0) is 9.72. The average Bonchev–Trinajstić information content (AvgIpc) is 1.98. The third-order valence-corrected chi connectivity index (χ3v) is 1.85. The monoisotopic (exact) mass is 170 g/mol. The van der Waals surface area contributed by atoms with Crippen molar-refractivity contribution in [2.24, 2.45) is 0 Å². The van der Waals surface area contributed by atoms with Gasteiger partial charge in [-0.1, -0.05) is 24.3 Å². The van der Waals surface area contributed by atoms with Crippen molar-refractivity contribution in [2.75, 3.05) is 0 Å². The Bertz CT molecular complexity index is 153. The Balaban J connectivity index is 3.68. The summed E-state index contributed by atoms with van der Waals surface area (Å²) in [4.78, 5) is 0. The van der Waals surface area contributed by atoms with E-state index in [2.05, 4.69) is 13.2 Å². The first kappa shape index (κ1) is 11.4. The Kier molecular flexibility index (Phi) is 4.86. The van der Waals surface area contributed by atoms with Gasteiger partial charge in [0.2, 0.25) is 0 Å². The topological polar surface area (TPSA) is 40.5 Å². The van der Waals surface area contributed by atoms with Crippen LogP contribution in [0.1, 0.15) is 26.7 Å². The van der Waals surface area contributed by atoms with Gasteiger partial charge in [0, 0.05) is 0 Å². The molecule has 0 heterocycles. The van der Waals surface area contributed by atoms with Crippen LogP contribution < -0.4 is 0 Å². The van der Waals surface area contributed by atoms with Crippen molar-refractivity contribution in [3.8, 4) is 0 Å². The smallest absolute Gasteiger partial charge is 0.0745 e. The lowest BCUT2D eigenvalue weighted by atomic mass is 10.0. The summed E-state index contributed by atoms with van der Waals surface area (Å²) in [5.41, 5.74) is 1.48. The highest BCUT2D eigenvalue weighted by molar-refractivity contribution is 5.00. The Labute approximate surface area is 74.2 Å². The van der Waals surface area contributed by atoms with Gasteiger partial charge in [-0.2, -0.15) is 0 Å². The second kappa shape index (κ2) is 5.12. The Hall–Kier alpha value is -0.600. The Morgan fingerprint density at radius 3 is 1.42 bits per heavy atom. The van der Waals surface area contributed by atoms with E-state index in [-0.39, 0.29) is 0 Å². The molecule has 0 aromatic carbocycles. The van der Waals surface area contributed by atoms with E-state index in [9.17, 15) is 10.2 Å². The van der Waals surface area contributed by atoms with Crippen molar-refractivity contribution in [3.05, 3.63) is 24.3 Å². The molecular weight excluding hydrogens is 152 g/mol. The maximum atomic E-state index is 9.32. The van der Waals surface area contributed by atoms with Gasteiger partial charge in [0.05, 0.1) is 12.2 Å². The zero-order valence-electron chi connectivity index (χ0n) is 7.88. The van der Waals surface area contributed by atoms with Gasteiger partial charge in [0.15, 0.2) is 0 Å². The van der Waals surface area contributed by atoms with Gasteiger partial charge in [0.25, 0.3) is 0 Å². The largest absolute Gasteiger partial charge is 0.389 e. The molecule has 0 aliphatic carbocycles. The molecular formula is C10H18O2. The van der Waals surface area contributed by atoms with E-state index in [1.54, 1.807) is 13.8 Å². The standard InChI is InChI=1S/C10H18O2/c1-7(2)9(11)5-6-10(12)8(3)4/h9-12H,1,3,5-6H2,2,4H3/t9-,10+. The van der Waals surface area contributed by atoms with Crippen LogP contribution in [0.15, 0.2) is 24.3 Å². The van der Waals surface area contributed by atoms with Crippen LogP contribution >= 0.6 is 0 Å². The van der Waals surface area contributed by atoms with Crippen LogP contribution in [0.4, 0.5) is 0 Å². The summed E-state index contributed by atoms with van der Waals surface area (Å²) in [5.74, 6) is 0. The lowest BCUT2D eigenvalue weighted by Gasteiger charge is -2.13. The fraction of sp³-hybridized carbons (Fsp3) is 0.600. The van der Waals surface area contributed by atoms with Crippen LogP contribution in [-0.4, -0.2) is 22.4 Å². The van der Waals surface area contributed by atoms with E-state index < -0.39 is 12.2 Å². The molecule has 0 amide bonds. The number of aliphatic hydroxyl groups is 2. The summed E-state index contributed by atoms with van der Waals surface area (Å²) in [6.07, 6.45) is 0.0881. The fourth-order valence-electron chi connectivity index (χ4n) is 0.809. The second-order valence-electron chi connectivity index (χ2n) is 3.30. The third kappa shape index (κ3) is 4.31. The third-order valence-electron chi connectivity index (χ3n) is 1.85. The SMILES string of the molecule is C=C(C)[C@H](O)CC[C@H](O)C(=C)C. The molecule has 0 saturated heterocycles. The molecule has 0 aliphatic heterocycles. The van der Waals surface area contributed by atoms with E-state index >= 15 is 0 Å². The molecule has 2 N–H and O–H groups in total. The average molecular weight is 170 g/mol. The molecule has 0 rings (SSSR count). The highest BCUT2D eigenvalue weighted by Gasteiger charge is 2.09. The molecule has 0 saturated carbocycles. The number of hydrogen-bond acceptors (Lipinski definition) is 2. The molecule has 70 valence electrons. The molecule has 0 fully saturated rings. The maximum absolute atomic E-state index is 9.32. The van der Waals surface area contributed by atoms with Crippen molar-refractivity contribution in [1.82, 2.24) is 0 Å². The van der Waals surface area contributed by atoms with Crippen LogP contribution in [0.5, 0.6) is 0 Å². The van der Waals surface area contributed by atoms with Crippen LogP contribution in [0.2, 0.25) is 0 Å². The van der Waals surface area contributed by atoms with Crippen LogP contribution in [0, 0.1) is 0 Å². The fourth-order valence-corrected chi connectivity index (χ4v) is 0.809. The van der Waals surface area contributed by atoms with E-state index in [0.717, 1.165) is 11.1 Å². The number of rotatable bonds is 5. The van der Waals surface area contributed by atoms with Gasteiger partial charge in [-0.25, -0.2) is 0 Å². The summed E-state index contributed by atoms with van der Waals surface area (Å²) in [7, 11) is 0. The van der Waals surface area contributed by atoms with Gasteiger partial charge in [-0.05, 0) is 26.7 Å². The van der Waals surface area contributed by atoms with Crippen molar-refractivity contribution >= 4 is 0 Å². The molecule has 2 heteroatoms. The molecule has 0 spiro atoms.